The van der Waals surface area contributed by atoms with Crippen LogP contribution in [0, 0.1) is 10.1 Å². The van der Waals surface area contributed by atoms with Gasteiger partial charge in [-0.05, 0) is 44.7 Å². The van der Waals surface area contributed by atoms with Gasteiger partial charge in [-0.1, -0.05) is 0 Å². The summed E-state index contributed by atoms with van der Waals surface area (Å²) in [5, 5.41) is 17.8. The zero-order valence-electron chi connectivity index (χ0n) is 10.8. The molecule has 1 spiro atoms. The predicted molar refractivity (Wildman–Crippen MR) is 72.1 cm³/mol. The van der Waals surface area contributed by atoms with E-state index in [0.717, 1.165) is 19.4 Å². The molecular formula is C13H18N4O2. The fourth-order valence-corrected chi connectivity index (χ4v) is 3.11. The van der Waals surface area contributed by atoms with E-state index < -0.39 is 0 Å². The fourth-order valence-electron chi connectivity index (χ4n) is 3.11. The molecule has 2 heterocycles. The topological polar surface area (TPSA) is 80.1 Å². The van der Waals surface area contributed by atoms with Crippen molar-refractivity contribution in [3.05, 3.63) is 28.4 Å². The van der Waals surface area contributed by atoms with Crippen molar-refractivity contribution in [1.82, 2.24) is 10.3 Å². The normalized spacial score (nSPS) is 24.7. The van der Waals surface area contributed by atoms with Gasteiger partial charge in [0.05, 0.1) is 4.92 Å². The Labute approximate surface area is 111 Å². The molecular weight excluding hydrogens is 244 g/mol. The molecule has 2 fully saturated rings. The first-order valence-electron chi connectivity index (χ1n) is 6.80. The zero-order chi connectivity index (χ0) is 13.3. The number of nitrogens with zero attached hydrogens (tertiary/aromatic N) is 2. The van der Waals surface area contributed by atoms with E-state index in [9.17, 15) is 10.1 Å². The van der Waals surface area contributed by atoms with E-state index in [1.807, 2.05) is 0 Å². The number of pyridine rings is 1. The second-order valence-corrected chi connectivity index (χ2v) is 5.52. The van der Waals surface area contributed by atoms with Gasteiger partial charge < -0.3 is 10.6 Å². The molecule has 1 unspecified atom stereocenters. The van der Waals surface area contributed by atoms with Crippen LogP contribution in [-0.2, 0) is 0 Å². The summed E-state index contributed by atoms with van der Waals surface area (Å²) < 4.78 is 0. The van der Waals surface area contributed by atoms with Crippen LogP contribution in [0.15, 0.2) is 18.3 Å². The molecule has 1 atom stereocenters. The number of rotatable bonds is 3. The first-order valence-corrected chi connectivity index (χ1v) is 6.80. The number of hydrogen-bond donors (Lipinski definition) is 2. The first-order chi connectivity index (χ1) is 9.19. The van der Waals surface area contributed by atoms with Gasteiger partial charge in [0, 0.05) is 23.8 Å². The summed E-state index contributed by atoms with van der Waals surface area (Å²) in [6.07, 6.45) is 7.32. The summed E-state index contributed by atoms with van der Waals surface area (Å²) in [7, 11) is 0. The number of anilines is 1. The van der Waals surface area contributed by atoms with Crippen LogP contribution in [0.4, 0.5) is 11.5 Å². The van der Waals surface area contributed by atoms with Crippen molar-refractivity contribution in [1.29, 1.82) is 0 Å². The average Bonchev–Trinajstić information content (AvgIpc) is 2.37. The van der Waals surface area contributed by atoms with Crippen molar-refractivity contribution in [2.45, 2.75) is 43.7 Å². The zero-order valence-corrected chi connectivity index (χ0v) is 10.8. The Morgan fingerprint density at radius 2 is 2.37 bits per heavy atom. The summed E-state index contributed by atoms with van der Waals surface area (Å²) in [5.74, 6) is 0.397. The number of hydrogen-bond acceptors (Lipinski definition) is 5. The minimum Gasteiger partial charge on any atom is -0.361 e. The van der Waals surface area contributed by atoms with Crippen LogP contribution in [0.2, 0.25) is 0 Å². The number of nitrogens with one attached hydrogen (secondary N) is 2. The lowest BCUT2D eigenvalue weighted by atomic mass is 9.70. The molecule has 2 N–H and O–H groups in total. The third-order valence-electron chi connectivity index (χ3n) is 4.26. The Hall–Kier alpha value is -1.69. The summed E-state index contributed by atoms with van der Waals surface area (Å²) in [5.41, 5.74) is 0.336. The monoisotopic (exact) mass is 262 g/mol. The van der Waals surface area contributed by atoms with Crippen molar-refractivity contribution in [2.24, 2.45) is 0 Å². The summed E-state index contributed by atoms with van der Waals surface area (Å²) in [6, 6.07) is 3.37. The Morgan fingerprint density at radius 3 is 3.05 bits per heavy atom. The molecule has 0 amide bonds. The maximum absolute atomic E-state index is 11.0. The van der Waals surface area contributed by atoms with Crippen LogP contribution in [0.3, 0.4) is 0 Å². The fraction of sp³-hybridized carbons (Fsp3) is 0.615. The van der Waals surface area contributed by atoms with E-state index in [-0.39, 0.29) is 22.2 Å². The van der Waals surface area contributed by atoms with E-state index in [4.69, 9.17) is 0 Å². The van der Waals surface area contributed by atoms with Gasteiger partial charge in [0.2, 0.25) is 5.82 Å². The van der Waals surface area contributed by atoms with Gasteiger partial charge in [0.25, 0.3) is 0 Å². The molecule has 2 aliphatic rings. The average molecular weight is 262 g/mol. The molecule has 3 rings (SSSR count). The lowest BCUT2D eigenvalue weighted by Gasteiger charge is -2.48. The van der Waals surface area contributed by atoms with E-state index >= 15 is 0 Å². The molecule has 1 saturated carbocycles. The molecule has 19 heavy (non-hydrogen) atoms. The SMILES string of the molecule is O=[N+]([O-])c1cccnc1NC1CCNC2(CCC2)C1. The van der Waals surface area contributed by atoms with Crippen LogP contribution >= 0.6 is 0 Å². The smallest absolute Gasteiger partial charge is 0.311 e. The minimum atomic E-state index is -0.379. The van der Waals surface area contributed by atoms with Gasteiger partial charge >= 0.3 is 5.69 Å². The molecule has 102 valence electrons. The van der Waals surface area contributed by atoms with Gasteiger partial charge in [-0.3, -0.25) is 10.1 Å². The molecule has 1 aromatic rings. The summed E-state index contributed by atoms with van der Waals surface area (Å²) in [4.78, 5) is 14.7. The Morgan fingerprint density at radius 1 is 1.53 bits per heavy atom. The summed E-state index contributed by atoms with van der Waals surface area (Å²) in [6.45, 7) is 0.971. The van der Waals surface area contributed by atoms with Crippen molar-refractivity contribution in [3.63, 3.8) is 0 Å². The van der Waals surface area contributed by atoms with E-state index in [1.165, 1.54) is 25.3 Å². The van der Waals surface area contributed by atoms with Crippen molar-refractivity contribution >= 4 is 11.5 Å². The van der Waals surface area contributed by atoms with Crippen LogP contribution < -0.4 is 10.6 Å². The van der Waals surface area contributed by atoms with Gasteiger partial charge in [-0.2, -0.15) is 0 Å². The molecule has 1 aromatic heterocycles. The van der Waals surface area contributed by atoms with Gasteiger partial charge in [-0.15, -0.1) is 0 Å². The molecule has 0 radical (unpaired) electrons. The second-order valence-electron chi connectivity index (χ2n) is 5.52. The van der Waals surface area contributed by atoms with Crippen LogP contribution in [0.1, 0.15) is 32.1 Å². The van der Waals surface area contributed by atoms with Gasteiger partial charge in [-0.25, -0.2) is 4.98 Å². The van der Waals surface area contributed by atoms with Crippen LogP contribution in [0.25, 0.3) is 0 Å². The Kier molecular flexibility index (Phi) is 3.10. The molecule has 1 aliphatic heterocycles. The first kappa shape index (κ1) is 12.3. The lowest BCUT2D eigenvalue weighted by molar-refractivity contribution is -0.384. The Balaban J connectivity index is 1.72. The quantitative estimate of drug-likeness (QED) is 0.644. The maximum atomic E-state index is 11.0. The molecule has 1 aliphatic carbocycles. The third kappa shape index (κ3) is 2.40. The van der Waals surface area contributed by atoms with E-state index in [2.05, 4.69) is 15.6 Å². The van der Waals surface area contributed by atoms with Crippen molar-refractivity contribution in [2.75, 3.05) is 11.9 Å². The van der Waals surface area contributed by atoms with E-state index in [1.54, 1.807) is 12.3 Å². The van der Waals surface area contributed by atoms with E-state index in [0.29, 0.717) is 5.82 Å². The lowest BCUT2D eigenvalue weighted by Crippen LogP contribution is -2.58. The Bertz CT molecular complexity index is 487. The maximum Gasteiger partial charge on any atom is 0.311 e. The molecule has 1 saturated heterocycles. The largest absolute Gasteiger partial charge is 0.361 e. The van der Waals surface area contributed by atoms with Gasteiger partial charge in [0.1, 0.15) is 0 Å². The van der Waals surface area contributed by atoms with Crippen LogP contribution in [-0.4, -0.2) is 28.0 Å². The van der Waals surface area contributed by atoms with Gasteiger partial charge in [0.15, 0.2) is 0 Å². The number of nitro groups is 1. The second kappa shape index (κ2) is 4.77. The minimum absolute atomic E-state index is 0.0590. The molecule has 0 bridgehead atoms. The highest BCUT2D eigenvalue weighted by molar-refractivity contribution is 5.55. The summed E-state index contributed by atoms with van der Waals surface area (Å²) >= 11 is 0. The van der Waals surface area contributed by atoms with Crippen molar-refractivity contribution < 1.29 is 4.92 Å². The number of piperidine rings is 1. The standard InChI is InChI=1S/C13H18N4O2/c18-17(19)11-3-1-7-14-12(11)16-10-4-8-15-13(9-10)5-2-6-13/h1,3,7,10,15H,2,4-6,8-9H2,(H,14,16). The van der Waals surface area contributed by atoms with Crippen LogP contribution in [0.5, 0.6) is 0 Å². The van der Waals surface area contributed by atoms with Crippen molar-refractivity contribution in [3.8, 4) is 0 Å². The molecule has 6 nitrogen and oxygen atoms in total. The highest BCUT2D eigenvalue weighted by Crippen LogP contribution is 2.39. The predicted octanol–water partition coefficient (Wildman–Crippen LogP) is 2.08. The highest BCUT2D eigenvalue weighted by Gasteiger charge is 2.41. The molecule has 6 heteroatoms. The third-order valence-corrected chi connectivity index (χ3v) is 4.26. The number of aromatic nitrogens is 1. The molecule has 0 aromatic carbocycles. The highest BCUT2D eigenvalue weighted by atomic mass is 16.6.